The molecule has 15 heavy (non-hydrogen) atoms. The summed E-state index contributed by atoms with van der Waals surface area (Å²) in [5.74, 6) is -0.114. The maximum Gasteiger partial charge on any atom is 0.323 e. The number of carbonyl (C=O) groups excluding carboxylic acids is 1. The largest absolute Gasteiger partial charge is 0.337 e. The van der Waals surface area contributed by atoms with E-state index in [-0.39, 0.29) is 11.6 Å². The van der Waals surface area contributed by atoms with Crippen molar-refractivity contribution in [3.05, 3.63) is 22.4 Å². The molecule has 0 spiro atoms. The van der Waals surface area contributed by atoms with Gasteiger partial charge in [-0.3, -0.25) is 4.79 Å². The van der Waals surface area contributed by atoms with Gasteiger partial charge in [0, 0.05) is 19.3 Å². The smallest absolute Gasteiger partial charge is 0.323 e. The van der Waals surface area contributed by atoms with Crippen molar-refractivity contribution >= 4 is 5.91 Å². The molecule has 0 aromatic carbocycles. The van der Waals surface area contributed by atoms with Gasteiger partial charge in [0.2, 0.25) is 0 Å². The first kappa shape index (κ1) is 11.6. The Bertz CT molecular complexity index is 361. The summed E-state index contributed by atoms with van der Waals surface area (Å²) in [6, 6.07) is 0. The fraction of sp³-hybridized carbons (Fsp3) is 0.600. The van der Waals surface area contributed by atoms with Gasteiger partial charge in [-0.05, 0) is 12.8 Å². The Morgan fingerprint density at radius 2 is 1.93 bits per heavy atom. The highest BCUT2D eigenvalue weighted by molar-refractivity contribution is 5.92. The molecule has 0 radical (unpaired) electrons. The van der Waals surface area contributed by atoms with Crippen LogP contribution in [-0.2, 0) is 0 Å². The third-order valence-electron chi connectivity index (χ3n) is 2.10. The molecule has 0 bridgehead atoms. The topological polar surface area (TPSA) is 69.0 Å². The summed E-state index contributed by atoms with van der Waals surface area (Å²) < 4.78 is 0. The lowest BCUT2D eigenvalue weighted by Gasteiger charge is -2.20. The first-order chi connectivity index (χ1) is 7.19. The summed E-state index contributed by atoms with van der Waals surface area (Å²) in [6.45, 7) is 5.49. The zero-order valence-electron chi connectivity index (χ0n) is 9.17. The van der Waals surface area contributed by atoms with Crippen molar-refractivity contribution < 1.29 is 4.79 Å². The van der Waals surface area contributed by atoms with Gasteiger partial charge in [0.15, 0.2) is 0 Å². The van der Waals surface area contributed by atoms with Gasteiger partial charge in [0.25, 0.3) is 5.91 Å². The van der Waals surface area contributed by atoms with Crippen LogP contribution in [0.5, 0.6) is 0 Å². The third-order valence-corrected chi connectivity index (χ3v) is 2.10. The van der Waals surface area contributed by atoms with Gasteiger partial charge in [-0.25, -0.2) is 4.79 Å². The van der Waals surface area contributed by atoms with Crippen LogP contribution >= 0.6 is 0 Å². The highest BCUT2D eigenvalue weighted by atomic mass is 16.2. The van der Waals surface area contributed by atoms with Crippen LogP contribution in [0.15, 0.2) is 11.0 Å². The summed E-state index contributed by atoms with van der Waals surface area (Å²) in [5.41, 5.74) is -0.00630. The van der Waals surface area contributed by atoms with Crippen LogP contribution in [-0.4, -0.2) is 33.9 Å². The van der Waals surface area contributed by atoms with Crippen molar-refractivity contribution in [2.24, 2.45) is 0 Å². The van der Waals surface area contributed by atoms with E-state index < -0.39 is 0 Å². The van der Waals surface area contributed by atoms with E-state index in [4.69, 9.17) is 0 Å². The van der Waals surface area contributed by atoms with E-state index in [2.05, 4.69) is 9.97 Å². The summed E-state index contributed by atoms with van der Waals surface area (Å²) in [4.78, 5) is 29.4. The predicted molar refractivity (Wildman–Crippen MR) is 57.9 cm³/mol. The van der Waals surface area contributed by atoms with E-state index >= 15 is 0 Å². The Kier molecular flexibility index (Phi) is 4.15. The second kappa shape index (κ2) is 5.38. The molecule has 84 valence electrons. The zero-order chi connectivity index (χ0) is 11.3. The van der Waals surface area contributed by atoms with Gasteiger partial charge < -0.3 is 14.9 Å². The first-order valence-corrected chi connectivity index (χ1v) is 5.26. The molecule has 0 aliphatic rings. The van der Waals surface area contributed by atoms with Crippen molar-refractivity contribution in [3.63, 3.8) is 0 Å². The minimum absolute atomic E-state index is 0.114. The van der Waals surface area contributed by atoms with Gasteiger partial charge in [-0.1, -0.05) is 13.8 Å². The molecule has 1 rings (SSSR count). The average molecular weight is 211 g/mol. The monoisotopic (exact) mass is 211 g/mol. The van der Waals surface area contributed by atoms with Crippen LogP contribution in [0.4, 0.5) is 0 Å². The van der Waals surface area contributed by atoms with Crippen LogP contribution < -0.4 is 5.69 Å². The molecule has 0 aliphatic carbocycles. The van der Waals surface area contributed by atoms with Crippen molar-refractivity contribution in [1.82, 2.24) is 14.9 Å². The van der Waals surface area contributed by atoms with Gasteiger partial charge in [0.05, 0.1) is 0 Å². The molecular weight excluding hydrogens is 194 g/mol. The number of rotatable bonds is 5. The number of aromatic amines is 2. The minimum Gasteiger partial charge on any atom is -0.337 e. The fourth-order valence-corrected chi connectivity index (χ4v) is 1.47. The molecule has 1 heterocycles. The molecule has 5 heteroatoms. The SMILES string of the molecule is CCCN(CCC)C(=O)c1c[nH]c(=O)[nH]1. The highest BCUT2D eigenvalue weighted by Gasteiger charge is 2.15. The van der Waals surface area contributed by atoms with Crippen LogP contribution in [0.2, 0.25) is 0 Å². The number of hydrogen-bond donors (Lipinski definition) is 2. The highest BCUT2D eigenvalue weighted by Crippen LogP contribution is 2.01. The Hall–Kier alpha value is -1.52. The summed E-state index contributed by atoms with van der Waals surface area (Å²) in [5, 5.41) is 0. The van der Waals surface area contributed by atoms with Gasteiger partial charge in [0.1, 0.15) is 5.69 Å². The molecule has 1 aromatic heterocycles. The molecule has 0 unspecified atom stereocenters. The fourth-order valence-electron chi connectivity index (χ4n) is 1.47. The molecular formula is C10H17N3O2. The number of imidazole rings is 1. The van der Waals surface area contributed by atoms with E-state index in [9.17, 15) is 9.59 Å². The van der Waals surface area contributed by atoms with Gasteiger partial charge in [-0.15, -0.1) is 0 Å². The van der Waals surface area contributed by atoms with Crippen LogP contribution in [0.25, 0.3) is 0 Å². The van der Waals surface area contributed by atoms with Crippen molar-refractivity contribution in [1.29, 1.82) is 0 Å². The van der Waals surface area contributed by atoms with E-state index in [1.54, 1.807) is 4.90 Å². The summed E-state index contributed by atoms with van der Waals surface area (Å²) in [7, 11) is 0. The summed E-state index contributed by atoms with van der Waals surface area (Å²) in [6.07, 6.45) is 3.25. The minimum atomic E-state index is -0.341. The van der Waals surface area contributed by atoms with Crippen LogP contribution in [0, 0.1) is 0 Å². The quantitative estimate of drug-likeness (QED) is 0.761. The second-order valence-corrected chi connectivity index (χ2v) is 3.45. The van der Waals surface area contributed by atoms with Crippen molar-refractivity contribution in [3.8, 4) is 0 Å². The van der Waals surface area contributed by atoms with Crippen molar-refractivity contribution in [2.75, 3.05) is 13.1 Å². The molecule has 0 atom stereocenters. The normalized spacial score (nSPS) is 10.3. The summed E-state index contributed by atoms with van der Waals surface area (Å²) >= 11 is 0. The lowest BCUT2D eigenvalue weighted by Crippen LogP contribution is -2.33. The molecule has 1 amide bonds. The first-order valence-electron chi connectivity index (χ1n) is 5.26. The lowest BCUT2D eigenvalue weighted by atomic mass is 10.3. The average Bonchev–Trinajstić information content (AvgIpc) is 2.63. The number of aromatic nitrogens is 2. The Morgan fingerprint density at radius 3 is 2.33 bits per heavy atom. The van der Waals surface area contributed by atoms with E-state index in [0.717, 1.165) is 25.9 Å². The molecule has 0 saturated heterocycles. The molecule has 0 fully saturated rings. The van der Waals surface area contributed by atoms with E-state index in [0.29, 0.717) is 5.69 Å². The molecule has 2 N–H and O–H groups in total. The van der Waals surface area contributed by atoms with Gasteiger partial charge in [-0.2, -0.15) is 0 Å². The maximum absolute atomic E-state index is 11.9. The van der Waals surface area contributed by atoms with Crippen molar-refractivity contribution in [2.45, 2.75) is 26.7 Å². The zero-order valence-corrected chi connectivity index (χ0v) is 9.17. The molecule has 1 aromatic rings. The Labute approximate surface area is 88.5 Å². The van der Waals surface area contributed by atoms with Crippen LogP contribution in [0.1, 0.15) is 37.2 Å². The second-order valence-electron chi connectivity index (χ2n) is 3.45. The number of nitrogens with one attached hydrogen (secondary N) is 2. The van der Waals surface area contributed by atoms with Gasteiger partial charge >= 0.3 is 5.69 Å². The third kappa shape index (κ3) is 2.97. The predicted octanol–water partition coefficient (Wildman–Crippen LogP) is 0.965. The Morgan fingerprint density at radius 1 is 1.33 bits per heavy atom. The molecule has 0 saturated carbocycles. The molecule has 5 nitrogen and oxygen atoms in total. The van der Waals surface area contributed by atoms with E-state index in [1.165, 1.54) is 6.20 Å². The van der Waals surface area contributed by atoms with E-state index in [1.807, 2.05) is 13.8 Å². The molecule has 0 aliphatic heterocycles. The number of hydrogen-bond acceptors (Lipinski definition) is 2. The number of H-pyrrole nitrogens is 2. The standard InChI is InChI=1S/C10H17N3O2/c1-3-5-13(6-4-2)9(14)8-7-11-10(15)12-8/h7H,3-6H2,1-2H3,(H2,11,12,15). The number of amides is 1. The Balaban J connectivity index is 2.75. The maximum atomic E-state index is 11.9. The number of nitrogens with zero attached hydrogens (tertiary/aromatic N) is 1. The lowest BCUT2D eigenvalue weighted by molar-refractivity contribution is 0.0750. The number of carbonyl (C=O) groups is 1. The van der Waals surface area contributed by atoms with Crippen LogP contribution in [0.3, 0.4) is 0 Å².